The fraction of sp³-hybridized carbons (Fsp3) is 0.412. The number of carbonyl (C=O) groups is 1. The molecule has 0 atom stereocenters. The van der Waals surface area contributed by atoms with E-state index in [1.807, 2.05) is 38.1 Å². The average Bonchev–Trinajstić information content (AvgIpc) is 3.12. The van der Waals surface area contributed by atoms with Gasteiger partial charge in [-0.05, 0) is 31.1 Å². The molecule has 0 radical (unpaired) electrons. The van der Waals surface area contributed by atoms with Crippen molar-refractivity contribution in [2.75, 3.05) is 26.9 Å². The minimum absolute atomic E-state index is 0.228. The van der Waals surface area contributed by atoms with Crippen LogP contribution in [-0.4, -0.2) is 44.3 Å². The van der Waals surface area contributed by atoms with Crippen LogP contribution in [0.4, 0.5) is 0 Å². The van der Waals surface area contributed by atoms with E-state index in [2.05, 4.69) is 4.99 Å². The zero-order chi connectivity index (χ0) is 15.7. The predicted molar refractivity (Wildman–Crippen MR) is 82.8 cm³/mol. The summed E-state index contributed by atoms with van der Waals surface area (Å²) in [5.74, 6) is 0.265. The number of methoxy groups -OCH3 is 1. The summed E-state index contributed by atoms with van der Waals surface area (Å²) >= 11 is 0. The van der Waals surface area contributed by atoms with E-state index in [4.69, 9.17) is 14.2 Å². The zero-order valence-electron chi connectivity index (χ0n) is 13.0. The molecule has 2 heterocycles. The van der Waals surface area contributed by atoms with E-state index in [9.17, 15) is 4.79 Å². The third kappa shape index (κ3) is 2.64. The number of nitrogens with zero attached hydrogens (tertiary/aromatic N) is 1. The lowest BCUT2D eigenvalue weighted by molar-refractivity contribution is -0.136. The van der Waals surface area contributed by atoms with E-state index in [1.54, 1.807) is 0 Å². The number of rotatable bonds is 3. The Hall–Kier alpha value is -2.14. The van der Waals surface area contributed by atoms with E-state index in [0.717, 1.165) is 16.7 Å². The lowest BCUT2D eigenvalue weighted by Gasteiger charge is -2.11. The quantitative estimate of drug-likeness (QED) is 0.803. The van der Waals surface area contributed by atoms with Gasteiger partial charge in [-0.1, -0.05) is 18.2 Å². The Balaban J connectivity index is 2.08. The summed E-state index contributed by atoms with van der Waals surface area (Å²) in [4.78, 5) is 16.5. The second-order valence-corrected chi connectivity index (χ2v) is 6.01. The molecule has 0 aromatic heterocycles. The van der Waals surface area contributed by atoms with Crippen molar-refractivity contribution in [2.24, 2.45) is 4.99 Å². The molecule has 0 aliphatic carbocycles. The van der Waals surface area contributed by atoms with Crippen molar-refractivity contribution in [3.05, 3.63) is 41.0 Å². The third-order valence-corrected chi connectivity index (χ3v) is 3.74. The molecule has 5 heteroatoms. The highest BCUT2D eigenvalue weighted by Crippen LogP contribution is 2.31. The summed E-state index contributed by atoms with van der Waals surface area (Å²) in [5.41, 5.74) is 2.98. The largest absolute Gasteiger partial charge is 0.475 e. The molecule has 0 bridgehead atoms. The van der Waals surface area contributed by atoms with Gasteiger partial charge in [0.05, 0.1) is 31.4 Å². The maximum absolute atomic E-state index is 11.9. The van der Waals surface area contributed by atoms with Crippen molar-refractivity contribution in [2.45, 2.75) is 19.4 Å². The fourth-order valence-corrected chi connectivity index (χ4v) is 2.63. The van der Waals surface area contributed by atoms with Gasteiger partial charge >= 0.3 is 5.97 Å². The van der Waals surface area contributed by atoms with Crippen molar-refractivity contribution in [1.82, 2.24) is 0 Å². The predicted octanol–water partition coefficient (Wildman–Crippen LogP) is 2.20. The molecule has 5 nitrogen and oxygen atoms in total. The van der Waals surface area contributed by atoms with Crippen LogP contribution in [-0.2, 0) is 19.0 Å². The van der Waals surface area contributed by atoms with Gasteiger partial charge in [0.15, 0.2) is 0 Å². The summed E-state index contributed by atoms with van der Waals surface area (Å²) in [5, 5.41) is 0. The van der Waals surface area contributed by atoms with Crippen LogP contribution in [0.25, 0.3) is 5.57 Å². The molecule has 1 aromatic carbocycles. The standard InChI is InChI=1S/C17H19NO4/c1-17(2)10-22-15(18-17)12-7-5-4-6-11(12)13-8-21-9-14(13)16(19)20-3/h4-7H,8-10H2,1-3H3. The van der Waals surface area contributed by atoms with Crippen LogP contribution < -0.4 is 0 Å². The fourth-order valence-electron chi connectivity index (χ4n) is 2.63. The summed E-state index contributed by atoms with van der Waals surface area (Å²) in [6.07, 6.45) is 0. The number of ether oxygens (including phenoxy) is 3. The number of carbonyl (C=O) groups excluding carboxylic acids is 1. The Kier molecular flexibility index (Phi) is 3.74. The molecule has 0 unspecified atom stereocenters. The van der Waals surface area contributed by atoms with Crippen molar-refractivity contribution in [3.8, 4) is 0 Å². The van der Waals surface area contributed by atoms with Crippen molar-refractivity contribution < 1.29 is 19.0 Å². The molecule has 0 amide bonds. The Morgan fingerprint density at radius 2 is 1.95 bits per heavy atom. The highest BCUT2D eigenvalue weighted by molar-refractivity contribution is 6.05. The van der Waals surface area contributed by atoms with Gasteiger partial charge in [0.1, 0.15) is 6.61 Å². The van der Waals surface area contributed by atoms with Crippen LogP contribution in [0, 0.1) is 0 Å². The molecule has 0 N–H and O–H groups in total. The van der Waals surface area contributed by atoms with Gasteiger partial charge in [-0.25, -0.2) is 9.79 Å². The first-order chi connectivity index (χ1) is 10.5. The van der Waals surface area contributed by atoms with Gasteiger partial charge in [0, 0.05) is 5.56 Å². The maximum Gasteiger partial charge on any atom is 0.336 e. The zero-order valence-corrected chi connectivity index (χ0v) is 13.0. The number of hydrogen-bond donors (Lipinski definition) is 0. The van der Waals surface area contributed by atoms with Crippen LogP contribution >= 0.6 is 0 Å². The van der Waals surface area contributed by atoms with Crippen molar-refractivity contribution in [3.63, 3.8) is 0 Å². The highest BCUT2D eigenvalue weighted by atomic mass is 16.5. The summed E-state index contributed by atoms with van der Waals surface area (Å²) in [6, 6.07) is 7.78. The number of aliphatic imine (C=N–C) groups is 1. The first-order valence-corrected chi connectivity index (χ1v) is 7.22. The molecule has 0 saturated carbocycles. The summed E-state index contributed by atoms with van der Waals surface area (Å²) in [6.45, 7) is 5.27. The van der Waals surface area contributed by atoms with Gasteiger partial charge in [-0.15, -0.1) is 0 Å². The minimum Gasteiger partial charge on any atom is -0.475 e. The van der Waals surface area contributed by atoms with E-state index < -0.39 is 0 Å². The van der Waals surface area contributed by atoms with Gasteiger partial charge in [-0.2, -0.15) is 0 Å². The minimum atomic E-state index is -0.350. The average molecular weight is 301 g/mol. The van der Waals surface area contributed by atoms with Crippen LogP contribution in [0.5, 0.6) is 0 Å². The van der Waals surface area contributed by atoms with Crippen molar-refractivity contribution in [1.29, 1.82) is 0 Å². The SMILES string of the molecule is COC(=O)C1=C(c2ccccc2C2=NC(C)(C)CO2)COC1. The monoisotopic (exact) mass is 301 g/mol. The van der Waals surface area contributed by atoms with Gasteiger partial charge < -0.3 is 14.2 Å². The van der Waals surface area contributed by atoms with Crippen LogP contribution in [0.1, 0.15) is 25.0 Å². The Morgan fingerprint density at radius 1 is 1.23 bits per heavy atom. The molecule has 2 aliphatic rings. The second-order valence-electron chi connectivity index (χ2n) is 6.01. The van der Waals surface area contributed by atoms with Crippen LogP contribution in [0.15, 0.2) is 34.8 Å². The molecular formula is C17H19NO4. The van der Waals surface area contributed by atoms with E-state index >= 15 is 0 Å². The molecule has 0 spiro atoms. The van der Waals surface area contributed by atoms with Crippen molar-refractivity contribution >= 4 is 17.4 Å². The molecule has 116 valence electrons. The molecule has 0 fully saturated rings. The highest BCUT2D eigenvalue weighted by Gasteiger charge is 2.30. The Bertz CT molecular complexity index is 673. The topological polar surface area (TPSA) is 57.1 Å². The molecule has 0 saturated heterocycles. The molecule has 2 aliphatic heterocycles. The Morgan fingerprint density at radius 3 is 2.59 bits per heavy atom. The van der Waals surface area contributed by atoms with Crippen LogP contribution in [0.3, 0.4) is 0 Å². The molecule has 22 heavy (non-hydrogen) atoms. The van der Waals surface area contributed by atoms with Gasteiger partial charge in [-0.3, -0.25) is 0 Å². The molecule has 1 aromatic rings. The summed E-state index contributed by atoms with van der Waals surface area (Å²) < 4.78 is 16.0. The van der Waals surface area contributed by atoms with Gasteiger partial charge in [0.2, 0.25) is 5.90 Å². The van der Waals surface area contributed by atoms with Crippen LogP contribution in [0.2, 0.25) is 0 Å². The maximum atomic E-state index is 11.9. The van der Waals surface area contributed by atoms with Gasteiger partial charge in [0.25, 0.3) is 0 Å². The smallest absolute Gasteiger partial charge is 0.336 e. The number of benzene rings is 1. The normalized spacial score (nSPS) is 19.9. The summed E-state index contributed by atoms with van der Waals surface area (Å²) in [7, 11) is 1.38. The van der Waals surface area contributed by atoms with E-state index in [-0.39, 0.29) is 18.1 Å². The van der Waals surface area contributed by atoms with E-state index in [1.165, 1.54) is 7.11 Å². The molecule has 3 rings (SSSR count). The Labute approximate surface area is 129 Å². The number of hydrogen-bond acceptors (Lipinski definition) is 5. The first kappa shape index (κ1) is 14.8. The van der Waals surface area contributed by atoms with E-state index in [0.29, 0.717) is 24.7 Å². The molecular weight excluding hydrogens is 282 g/mol. The third-order valence-electron chi connectivity index (χ3n) is 3.74. The number of esters is 1. The lowest BCUT2D eigenvalue weighted by atomic mass is 9.97. The lowest BCUT2D eigenvalue weighted by Crippen LogP contribution is -2.17. The first-order valence-electron chi connectivity index (χ1n) is 7.22. The second kappa shape index (κ2) is 5.57.